The molecule has 1 heterocycles. The largest absolute Gasteiger partial charge is 0.494 e. The van der Waals surface area contributed by atoms with Gasteiger partial charge in [0.1, 0.15) is 0 Å². The molecule has 0 aliphatic heterocycles. The molecule has 0 fully saturated rings. The highest BCUT2D eigenvalue weighted by molar-refractivity contribution is 9.11. The molecule has 1 unspecified atom stereocenters. The van der Waals surface area contributed by atoms with Crippen LogP contribution in [0.5, 0.6) is 5.75 Å². The molecule has 108 valence electrons. The zero-order valence-corrected chi connectivity index (χ0v) is 14.1. The third kappa shape index (κ3) is 3.40. The lowest BCUT2D eigenvalue weighted by Crippen LogP contribution is -2.17. The summed E-state index contributed by atoms with van der Waals surface area (Å²) in [5.41, 5.74) is 2.18. The zero-order valence-electron chi connectivity index (χ0n) is 11.7. The Hall–Kier alpha value is -0.910. The molecule has 1 aromatic heterocycles. The fraction of sp³-hybridized carbons (Fsp3) is 0.333. The number of aryl methyl sites for hydroxylation is 1. The molecular formula is C15H17BrFNOS. The number of hydrogen-bond donors (Lipinski definition) is 1. The number of thiophene rings is 1. The summed E-state index contributed by atoms with van der Waals surface area (Å²) < 4.78 is 19.8. The topological polar surface area (TPSA) is 21.3 Å². The smallest absolute Gasteiger partial charge is 0.165 e. The van der Waals surface area contributed by atoms with Gasteiger partial charge in [-0.3, -0.25) is 0 Å². The molecule has 5 heteroatoms. The van der Waals surface area contributed by atoms with Crippen molar-refractivity contribution >= 4 is 27.3 Å². The van der Waals surface area contributed by atoms with Gasteiger partial charge >= 0.3 is 0 Å². The van der Waals surface area contributed by atoms with Crippen molar-refractivity contribution in [3.8, 4) is 5.75 Å². The van der Waals surface area contributed by atoms with E-state index in [0.717, 1.165) is 15.8 Å². The quantitative estimate of drug-likeness (QED) is 0.852. The molecule has 1 aromatic carbocycles. The third-order valence-electron chi connectivity index (χ3n) is 3.22. The molecule has 0 bridgehead atoms. The Morgan fingerprint density at radius 3 is 2.65 bits per heavy atom. The second-order valence-electron chi connectivity index (χ2n) is 4.62. The van der Waals surface area contributed by atoms with Gasteiger partial charge in [0.25, 0.3) is 0 Å². The van der Waals surface area contributed by atoms with Crippen molar-refractivity contribution in [2.45, 2.75) is 19.4 Å². The van der Waals surface area contributed by atoms with E-state index >= 15 is 0 Å². The van der Waals surface area contributed by atoms with Gasteiger partial charge in [-0.15, -0.1) is 11.3 Å². The first-order valence-electron chi connectivity index (χ1n) is 6.30. The van der Waals surface area contributed by atoms with E-state index in [1.54, 1.807) is 23.5 Å². The standard InChI is InChI=1S/C15H17BrFNOS/c1-9-6-14(20-15(9)16)12(18-2)8-10-4-5-13(19-3)11(17)7-10/h4-7,12,18H,8H2,1-3H3. The Labute approximate surface area is 131 Å². The van der Waals surface area contributed by atoms with Crippen molar-refractivity contribution in [1.29, 1.82) is 0 Å². The van der Waals surface area contributed by atoms with Crippen molar-refractivity contribution in [2.24, 2.45) is 0 Å². The van der Waals surface area contributed by atoms with Gasteiger partial charge in [-0.05, 0) is 65.6 Å². The Kier molecular flexibility index (Phi) is 5.18. The lowest BCUT2D eigenvalue weighted by molar-refractivity contribution is 0.386. The SMILES string of the molecule is CNC(Cc1ccc(OC)c(F)c1)c1cc(C)c(Br)s1. The summed E-state index contributed by atoms with van der Waals surface area (Å²) in [5, 5.41) is 3.29. The van der Waals surface area contributed by atoms with E-state index in [9.17, 15) is 4.39 Å². The second-order valence-corrected chi connectivity index (χ2v) is 7.02. The highest BCUT2D eigenvalue weighted by atomic mass is 79.9. The van der Waals surface area contributed by atoms with Crippen LogP contribution in [-0.2, 0) is 6.42 Å². The van der Waals surface area contributed by atoms with Crippen molar-refractivity contribution in [2.75, 3.05) is 14.2 Å². The first-order valence-corrected chi connectivity index (χ1v) is 7.91. The van der Waals surface area contributed by atoms with E-state index in [4.69, 9.17) is 4.74 Å². The molecule has 0 spiro atoms. The van der Waals surface area contributed by atoms with Crippen molar-refractivity contribution in [3.05, 3.63) is 49.9 Å². The van der Waals surface area contributed by atoms with E-state index in [0.29, 0.717) is 0 Å². The lowest BCUT2D eigenvalue weighted by Gasteiger charge is -2.15. The predicted molar refractivity (Wildman–Crippen MR) is 85.2 cm³/mol. The molecule has 0 amide bonds. The van der Waals surface area contributed by atoms with Gasteiger partial charge in [0.05, 0.1) is 10.9 Å². The second kappa shape index (κ2) is 6.70. The molecule has 1 atom stereocenters. The number of halogens is 2. The van der Waals surface area contributed by atoms with Crippen LogP contribution in [0.4, 0.5) is 4.39 Å². The number of benzene rings is 1. The van der Waals surface area contributed by atoms with E-state index in [1.165, 1.54) is 17.6 Å². The Bertz CT molecular complexity index is 580. The molecule has 20 heavy (non-hydrogen) atoms. The average molecular weight is 358 g/mol. The lowest BCUT2D eigenvalue weighted by atomic mass is 10.0. The molecule has 0 radical (unpaired) electrons. The summed E-state index contributed by atoms with van der Waals surface area (Å²) >= 11 is 5.26. The summed E-state index contributed by atoms with van der Waals surface area (Å²) in [6.07, 6.45) is 0.740. The van der Waals surface area contributed by atoms with E-state index < -0.39 is 0 Å². The fourth-order valence-electron chi connectivity index (χ4n) is 2.07. The molecule has 2 nitrogen and oxygen atoms in total. The maximum absolute atomic E-state index is 13.7. The van der Waals surface area contributed by atoms with Crippen LogP contribution in [0.3, 0.4) is 0 Å². The number of rotatable bonds is 5. The third-order valence-corrected chi connectivity index (χ3v) is 5.47. The van der Waals surface area contributed by atoms with Crippen LogP contribution in [0.2, 0.25) is 0 Å². The van der Waals surface area contributed by atoms with Crippen LogP contribution < -0.4 is 10.1 Å². The first kappa shape index (κ1) is 15.5. The summed E-state index contributed by atoms with van der Waals surface area (Å²) in [6.45, 7) is 2.07. The highest BCUT2D eigenvalue weighted by Gasteiger charge is 2.15. The average Bonchev–Trinajstić information content (AvgIpc) is 2.76. The maximum Gasteiger partial charge on any atom is 0.165 e. The Morgan fingerprint density at radius 2 is 2.15 bits per heavy atom. The van der Waals surface area contributed by atoms with Crippen molar-refractivity contribution in [1.82, 2.24) is 5.32 Å². The molecular weight excluding hydrogens is 341 g/mol. The Morgan fingerprint density at radius 1 is 1.40 bits per heavy atom. The molecule has 2 aromatic rings. The minimum atomic E-state index is -0.316. The van der Waals surface area contributed by atoms with Gasteiger partial charge in [0, 0.05) is 10.9 Å². The summed E-state index contributed by atoms with van der Waals surface area (Å²) in [5.74, 6) is -0.0344. The van der Waals surface area contributed by atoms with E-state index in [-0.39, 0.29) is 17.6 Å². The fourth-order valence-corrected chi connectivity index (χ4v) is 3.75. The van der Waals surface area contributed by atoms with Gasteiger partial charge in [0.15, 0.2) is 11.6 Å². The van der Waals surface area contributed by atoms with Gasteiger partial charge in [-0.2, -0.15) is 0 Å². The first-order chi connectivity index (χ1) is 9.55. The van der Waals surface area contributed by atoms with Crippen LogP contribution in [0, 0.1) is 12.7 Å². The van der Waals surface area contributed by atoms with Gasteiger partial charge < -0.3 is 10.1 Å². The number of likely N-dealkylation sites (N-methyl/N-ethyl adjacent to an activating group) is 1. The summed E-state index contributed by atoms with van der Waals surface area (Å²) in [7, 11) is 3.40. The normalized spacial score (nSPS) is 12.4. The Balaban J connectivity index is 2.20. The molecule has 2 rings (SSSR count). The van der Waals surface area contributed by atoms with Crippen LogP contribution >= 0.6 is 27.3 Å². The van der Waals surface area contributed by atoms with Crippen LogP contribution in [-0.4, -0.2) is 14.2 Å². The minimum absolute atomic E-state index is 0.179. The van der Waals surface area contributed by atoms with Gasteiger partial charge in [-0.1, -0.05) is 6.07 Å². The molecule has 0 saturated heterocycles. The van der Waals surface area contributed by atoms with Crippen molar-refractivity contribution < 1.29 is 9.13 Å². The van der Waals surface area contributed by atoms with Gasteiger partial charge in [-0.25, -0.2) is 4.39 Å². The molecule has 0 aliphatic rings. The highest BCUT2D eigenvalue weighted by Crippen LogP contribution is 2.33. The monoisotopic (exact) mass is 357 g/mol. The zero-order chi connectivity index (χ0) is 14.7. The number of ether oxygens (including phenoxy) is 1. The van der Waals surface area contributed by atoms with Crippen LogP contribution in [0.1, 0.15) is 22.0 Å². The van der Waals surface area contributed by atoms with E-state index in [2.05, 4.69) is 34.2 Å². The molecule has 0 saturated carbocycles. The maximum atomic E-state index is 13.7. The number of hydrogen-bond acceptors (Lipinski definition) is 3. The molecule has 0 aliphatic carbocycles. The minimum Gasteiger partial charge on any atom is -0.494 e. The number of nitrogens with one attached hydrogen (secondary N) is 1. The van der Waals surface area contributed by atoms with E-state index in [1.807, 2.05) is 13.1 Å². The molecule has 1 N–H and O–H groups in total. The summed E-state index contributed by atoms with van der Waals surface area (Å²) in [6, 6.07) is 7.46. The van der Waals surface area contributed by atoms with Crippen molar-refractivity contribution in [3.63, 3.8) is 0 Å². The number of methoxy groups -OCH3 is 1. The predicted octanol–water partition coefficient (Wildman–Crippen LogP) is 4.47. The summed E-state index contributed by atoms with van der Waals surface area (Å²) in [4.78, 5) is 1.24. The van der Waals surface area contributed by atoms with Crippen LogP contribution in [0.25, 0.3) is 0 Å². The van der Waals surface area contributed by atoms with Gasteiger partial charge in [0.2, 0.25) is 0 Å². The van der Waals surface area contributed by atoms with Crippen LogP contribution in [0.15, 0.2) is 28.1 Å².